The van der Waals surface area contributed by atoms with E-state index in [9.17, 15) is 0 Å². The lowest BCUT2D eigenvalue weighted by atomic mass is 9.77. The molecule has 25 heavy (non-hydrogen) atoms. The molecule has 1 aromatic heterocycles. The molecule has 3 rings (SSSR count). The van der Waals surface area contributed by atoms with Crippen LogP contribution in [0.1, 0.15) is 62.0 Å². The van der Waals surface area contributed by atoms with Crippen LogP contribution in [0, 0.1) is 17.2 Å². The van der Waals surface area contributed by atoms with E-state index in [4.69, 9.17) is 5.26 Å². The summed E-state index contributed by atoms with van der Waals surface area (Å²) in [6.07, 6.45) is 13.2. The van der Waals surface area contributed by atoms with Gasteiger partial charge in [-0.2, -0.15) is 5.26 Å². The van der Waals surface area contributed by atoms with Gasteiger partial charge in [0.15, 0.2) is 0 Å². The van der Waals surface area contributed by atoms with Crippen molar-refractivity contribution < 1.29 is 0 Å². The lowest BCUT2D eigenvalue weighted by Crippen LogP contribution is -2.13. The van der Waals surface area contributed by atoms with E-state index in [2.05, 4.69) is 36.0 Å². The van der Waals surface area contributed by atoms with Crippen molar-refractivity contribution in [2.45, 2.75) is 50.9 Å². The number of benzene rings is 1. The first-order valence-electron chi connectivity index (χ1n) is 9.37. The number of unbranched alkanes of at least 4 members (excludes halogenated alkanes) is 1. The molecule has 0 amide bonds. The van der Waals surface area contributed by atoms with Gasteiger partial charge in [-0.3, -0.25) is 4.98 Å². The summed E-state index contributed by atoms with van der Waals surface area (Å²) in [5, 5.41) is 8.89. The van der Waals surface area contributed by atoms with Crippen LogP contribution < -0.4 is 0 Å². The molecule has 0 N–H and O–H groups in total. The van der Waals surface area contributed by atoms with E-state index in [1.54, 1.807) is 0 Å². The Labute approximate surface area is 151 Å². The van der Waals surface area contributed by atoms with Gasteiger partial charge in [0.25, 0.3) is 0 Å². The van der Waals surface area contributed by atoms with Crippen molar-refractivity contribution in [1.82, 2.24) is 4.98 Å². The number of rotatable bonds is 6. The molecular weight excluding hydrogens is 304 g/mol. The first kappa shape index (κ1) is 17.4. The summed E-state index contributed by atoms with van der Waals surface area (Å²) in [6, 6.07) is 14.1. The van der Waals surface area contributed by atoms with Crippen LogP contribution in [0.5, 0.6) is 0 Å². The summed E-state index contributed by atoms with van der Waals surface area (Å²) in [6.45, 7) is 3.81. The molecule has 128 valence electrons. The molecule has 2 nitrogen and oxygen atoms in total. The van der Waals surface area contributed by atoms with Gasteiger partial charge < -0.3 is 0 Å². The normalized spacial score (nSPS) is 20.0. The molecule has 1 heterocycles. The fourth-order valence-electron chi connectivity index (χ4n) is 3.87. The first-order valence-corrected chi connectivity index (χ1v) is 9.37. The number of hydrogen-bond donors (Lipinski definition) is 0. The van der Waals surface area contributed by atoms with E-state index >= 15 is 0 Å². The molecule has 0 unspecified atom stereocenters. The molecule has 1 aliphatic carbocycles. The maximum Gasteiger partial charge on any atom is 0.0991 e. The largest absolute Gasteiger partial charge is 0.256 e. The molecule has 0 aliphatic heterocycles. The van der Waals surface area contributed by atoms with Gasteiger partial charge in [0.1, 0.15) is 0 Å². The highest BCUT2D eigenvalue weighted by Gasteiger charge is 2.22. The van der Waals surface area contributed by atoms with E-state index in [1.165, 1.54) is 44.1 Å². The van der Waals surface area contributed by atoms with Crippen molar-refractivity contribution in [2.24, 2.45) is 5.92 Å². The van der Waals surface area contributed by atoms with Crippen molar-refractivity contribution in [3.05, 3.63) is 66.4 Å². The highest BCUT2D eigenvalue weighted by molar-refractivity contribution is 5.60. The fraction of sp³-hybridized carbons (Fsp3) is 0.391. The summed E-state index contributed by atoms with van der Waals surface area (Å²) >= 11 is 0. The van der Waals surface area contributed by atoms with Crippen molar-refractivity contribution in [2.75, 3.05) is 0 Å². The summed E-state index contributed by atoms with van der Waals surface area (Å²) in [5.41, 5.74) is 4.11. The van der Waals surface area contributed by atoms with Crippen molar-refractivity contribution in [3.63, 3.8) is 0 Å². The van der Waals surface area contributed by atoms with E-state index in [1.807, 2.05) is 30.3 Å². The molecule has 1 aliphatic rings. The molecule has 2 aromatic rings. The third-order valence-corrected chi connectivity index (χ3v) is 5.43. The van der Waals surface area contributed by atoms with Crippen LogP contribution >= 0.6 is 0 Å². The van der Waals surface area contributed by atoms with Gasteiger partial charge in [-0.15, -0.1) is 6.58 Å². The van der Waals surface area contributed by atoms with Crippen molar-refractivity contribution in [1.29, 1.82) is 5.26 Å². The fourth-order valence-corrected chi connectivity index (χ4v) is 3.87. The summed E-state index contributed by atoms with van der Waals surface area (Å²) in [5.74, 6) is 1.57. The van der Waals surface area contributed by atoms with Crippen LogP contribution in [0.25, 0.3) is 11.3 Å². The van der Waals surface area contributed by atoms with Gasteiger partial charge in [-0.05, 0) is 74.1 Å². The molecule has 0 bridgehead atoms. The summed E-state index contributed by atoms with van der Waals surface area (Å²) in [4.78, 5) is 4.67. The Morgan fingerprint density at radius 3 is 2.44 bits per heavy atom. The second-order valence-electron chi connectivity index (χ2n) is 7.10. The monoisotopic (exact) mass is 330 g/mol. The third-order valence-electron chi connectivity index (χ3n) is 5.43. The smallest absolute Gasteiger partial charge is 0.0991 e. The number of pyridine rings is 1. The lowest BCUT2D eigenvalue weighted by molar-refractivity contribution is 0.305. The molecule has 0 atom stereocenters. The lowest BCUT2D eigenvalue weighted by Gasteiger charge is -2.28. The van der Waals surface area contributed by atoms with Gasteiger partial charge in [-0.25, -0.2) is 0 Å². The molecule has 0 spiro atoms. The zero-order valence-electron chi connectivity index (χ0n) is 14.8. The predicted octanol–water partition coefficient (Wildman–Crippen LogP) is 6.25. The van der Waals surface area contributed by atoms with Crippen molar-refractivity contribution in [3.8, 4) is 17.3 Å². The van der Waals surface area contributed by atoms with Crippen LogP contribution in [0.3, 0.4) is 0 Å². The number of nitrogens with zero attached hydrogens (tertiary/aromatic N) is 2. The van der Waals surface area contributed by atoms with Crippen LogP contribution in [0.15, 0.2) is 55.3 Å². The zero-order chi connectivity index (χ0) is 17.5. The molecule has 0 saturated heterocycles. The molecule has 1 saturated carbocycles. The SMILES string of the molecule is C=CCCC[C@H]1CC[C@H](c2ccc(-c3ccc(C#N)cc3)nc2)CC1. The van der Waals surface area contributed by atoms with Gasteiger partial charge in [0.2, 0.25) is 0 Å². The minimum absolute atomic E-state index is 0.665. The molecule has 1 fully saturated rings. The highest BCUT2D eigenvalue weighted by atomic mass is 14.7. The number of allylic oxidation sites excluding steroid dienone is 1. The van der Waals surface area contributed by atoms with Crippen LogP contribution in [0.4, 0.5) is 0 Å². The van der Waals surface area contributed by atoms with Crippen LogP contribution in [-0.4, -0.2) is 4.98 Å². The Morgan fingerprint density at radius 1 is 1.08 bits per heavy atom. The van der Waals surface area contributed by atoms with E-state index in [0.29, 0.717) is 11.5 Å². The van der Waals surface area contributed by atoms with Crippen molar-refractivity contribution >= 4 is 0 Å². The van der Waals surface area contributed by atoms with Crippen LogP contribution in [0.2, 0.25) is 0 Å². The topological polar surface area (TPSA) is 36.7 Å². The summed E-state index contributed by atoms with van der Waals surface area (Å²) < 4.78 is 0. The molecule has 1 aromatic carbocycles. The molecule has 2 heteroatoms. The standard InChI is InChI=1S/C23H26N2/c1-2-3-4-5-18-6-10-20(11-7-18)22-14-15-23(25-17-22)21-12-8-19(16-24)9-13-21/h2,8-9,12-15,17-18,20H,1,3-7,10-11H2/t18-,20-. The molecule has 0 radical (unpaired) electrons. The maximum atomic E-state index is 8.89. The third kappa shape index (κ3) is 4.57. The minimum atomic E-state index is 0.665. The van der Waals surface area contributed by atoms with E-state index in [-0.39, 0.29) is 0 Å². The van der Waals surface area contributed by atoms with Gasteiger partial charge in [0.05, 0.1) is 17.3 Å². The van der Waals surface area contributed by atoms with Gasteiger partial charge >= 0.3 is 0 Å². The van der Waals surface area contributed by atoms with E-state index < -0.39 is 0 Å². The Hall–Kier alpha value is -2.40. The Morgan fingerprint density at radius 2 is 1.84 bits per heavy atom. The predicted molar refractivity (Wildman–Crippen MR) is 103 cm³/mol. The van der Waals surface area contributed by atoms with Gasteiger partial charge in [0, 0.05) is 11.8 Å². The highest BCUT2D eigenvalue weighted by Crippen LogP contribution is 2.37. The number of aromatic nitrogens is 1. The average molecular weight is 330 g/mol. The maximum absolute atomic E-state index is 8.89. The Bertz CT molecular complexity index is 714. The second kappa shape index (κ2) is 8.62. The molecular formula is C23H26N2. The zero-order valence-corrected chi connectivity index (χ0v) is 14.8. The summed E-state index contributed by atoms with van der Waals surface area (Å²) in [7, 11) is 0. The number of hydrogen-bond acceptors (Lipinski definition) is 2. The average Bonchev–Trinajstić information content (AvgIpc) is 2.69. The minimum Gasteiger partial charge on any atom is -0.256 e. The quantitative estimate of drug-likeness (QED) is 0.463. The Kier molecular flexibility index (Phi) is 6.01. The Balaban J connectivity index is 1.57. The van der Waals surface area contributed by atoms with Gasteiger partial charge in [-0.1, -0.05) is 30.7 Å². The van der Waals surface area contributed by atoms with Crippen LogP contribution in [-0.2, 0) is 0 Å². The van der Waals surface area contributed by atoms with E-state index in [0.717, 1.165) is 23.6 Å². The first-order chi connectivity index (χ1) is 12.3. The second-order valence-corrected chi connectivity index (χ2v) is 7.10. The number of nitriles is 1.